The van der Waals surface area contributed by atoms with Crippen LogP contribution in [0.1, 0.15) is 21.5 Å². The molecule has 0 fully saturated rings. The number of amides is 1. The molecule has 1 N–H and O–H groups in total. The van der Waals surface area contributed by atoms with Crippen molar-refractivity contribution >= 4 is 11.6 Å². The minimum absolute atomic E-state index is 0.0919. The second-order valence-electron chi connectivity index (χ2n) is 7.26. The average molecular weight is 473 g/mol. The first kappa shape index (κ1) is 23.0. The van der Waals surface area contributed by atoms with Gasteiger partial charge in [-0.2, -0.15) is 13.9 Å². The highest BCUT2D eigenvalue weighted by atomic mass is 19.2. The van der Waals surface area contributed by atoms with E-state index in [0.717, 1.165) is 0 Å². The third-order valence-electron chi connectivity index (χ3n) is 4.85. The van der Waals surface area contributed by atoms with Gasteiger partial charge in [-0.25, -0.2) is 13.2 Å². The van der Waals surface area contributed by atoms with Gasteiger partial charge in [0.25, 0.3) is 5.91 Å². The van der Waals surface area contributed by atoms with Crippen molar-refractivity contribution in [3.05, 3.63) is 113 Å². The molecule has 0 aliphatic rings. The summed E-state index contributed by atoms with van der Waals surface area (Å²) in [6, 6.07) is 12.2. The summed E-state index contributed by atoms with van der Waals surface area (Å²) >= 11 is 0. The van der Waals surface area contributed by atoms with Crippen molar-refractivity contribution < 1.29 is 31.5 Å². The first-order chi connectivity index (χ1) is 16.3. The number of hydrogen-bond donors (Lipinski definition) is 1. The lowest BCUT2D eigenvalue weighted by Gasteiger charge is -2.10. The molecule has 1 amide bonds. The normalized spacial score (nSPS) is 10.9. The van der Waals surface area contributed by atoms with Crippen molar-refractivity contribution in [3.63, 3.8) is 0 Å². The molecule has 0 spiro atoms. The van der Waals surface area contributed by atoms with E-state index in [1.165, 1.54) is 41.2 Å². The number of anilines is 1. The van der Waals surface area contributed by atoms with Crippen LogP contribution in [0.4, 0.5) is 27.6 Å². The number of carbonyl (C=O) groups excluding carboxylic acids is 1. The molecule has 0 saturated carbocycles. The van der Waals surface area contributed by atoms with E-state index in [0.29, 0.717) is 16.8 Å². The average Bonchev–Trinajstić information content (AvgIpc) is 3.26. The molecule has 4 aromatic rings. The Morgan fingerprint density at radius 2 is 1.59 bits per heavy atom. The number of rotatable bonds is 7. The number of carbonyl (C=O) groups is 1. The van der Waals surface area contributed by atoms with Gasteiger partial charge in [0.2, 0.25) is 11.6 Å². The van der Waals surface area contributed by atoms with Crippen LogP contribution >= 0.6 is 0 Å². The Kier molecular flexibility index (Phi) is 6.58. The van der Waals surface area contributed by atoms with Crippen molar-refractivity contribution in [1.82, 2.24) is 9.78 Å². The molecule has 0 bridgehead atoms. The Balaban J connectivity index is 1.37. The summed E-state index contributed by atoms with van der Waals surface area (Å²) < 4.78 is 74.1. The molecule has 174 valence electrons. The number of halogens is 5. The second kappa shape index (κ2) is 9.74. The summed E-state index contributed by atoms with van der Waals surface area (Å²) in [7, 11) is 0. The summed E-state index contributed by atoms with van der Waals surface area (Å²) in [6.45, 7) is -0.199. The molecule has 1 heterocycles. The molecule has 0 radical (unpaired) electrons. The van der Waals surface area contributed by atoms with Crippen molar-refractivity contribution in [2.75, 3.05) is 5.32 Å². The Hall–Kier alpha value is -4.21. The van der Waals surface area contributed by atoms with Crippen LogP contribution in [-0.4, -0.2) is 15.7 Å². The standard InChI is InChI=1S/C24H16F5N3O2/c25-18-4-2-1-3-16(18)11-32-12-17(10-30-32)31-24(33)15-7-5-14(6-8-15)13-34-23-21(28)19(26)9-20(27)22(23)29/h1-10,12H,11,13H2,(H,31,33). The van der Waals surface area contributed by atoms with Crippen LogP contribution in [0.15, 0.2) is 67.0 Å². The molecule has 34 heavy (non-hydrogen) atoms. The summed E-state index contributed by atoms with van der Waals surface area (Å²) in [5.74, 6) is -8.39. The minimum Gasteiger partial charge on any atom is -0.483 e. The molecule has 10 heteroatoms. The summed E-state index contributed by atoms with van der Waals surface area (Å²) in [5.41, 5.74) is 1.51. The van der Waals surface area contributed by atoms with Gasteiger partial charge in [0.15, 0.2) is 17.4 Å². The van der Waals surface area contributed by atoms with Crippen LogP contribution in [0.25, 0.3) is 0 Å². The third-order valence-corrected chi connectivity index (χ3v) is 4.85. The summed E-state index contributed by atoms with van der Waals surface area (Å²) in [5, 5.41) is 6.75. The van der Waals surface area contributed by atoms with Gasteiger partial charge in [0, 0.05) is 23.4 Å². The molecule has 0 aliphatic carbocycles. The number of hydrogen-bond acceptors (Lipinski definition) is 3. The zero-order valence-corrected chi connectivity index (χ0v) is 17.4. The molecule has 5 nitrogen and oxygen atoms in total. The number of benzene rings is 3. The predicted molar refractivity (Wildman–Crippen MR) is 113 cm³/mol. The van der Waals surface area contributed by atoms with Gasteiger partial charge in [-0.05, 0) is 23.8 Å². The van der Waals surface area contributed by atoms with Gasteiger partial charge < -0.3 is 10.1 Å². The van der Waals surface area contributed by atoms with Crippen LogP contribution in [0.2, 0.25) is 0 Å². The fraction of sp³-hybridized carbons (Fsp3) is 0.0833. The number of nitrogens with zero attached hydrogens (tertiary/aromatic N) is 2. The molecule has 4 rings (SSSR count). The minimum atomic E-state index is -1.63. The smallest absolute Gasteiger partial charge is 0.255 e. The Morgan fingerprint density at radius 1 is 0.912 bits per heavy atom. The molecule has 0 atom stereocenters. The van der Waals surface area contributed by atoms with E-state index in [-0.39, 0.29) is 30.6 Å². The summed E-state index contributed by atoms with van der Waals surface area (Å²) in [4.78, 5) is 12.5. The van der Waals surface area contributed by atoms with Crippen molar-refractivity contribution in [2.45, 2.75) is 13.2 Å². The molecule has 3 aromatic carbocycles. The maximum atomic E-state index is 13.8. The topological polar surface area (TPSA) is 56.2 Å². The van der Waals surface area contributed by atoms with Crippen LogP contribution in [-0.2, 0) is 13.2 Å². The van der Waals surface area contributed by atoms with E-state index in [1.807, 2.05) is 0 Å². The lowest BCUT2D eigenvalue weighted by molar-refractivity contribution is 0.102. The van der Waals surface area contributed by atoms with Gasteiger partial charge in [-0.3, -0.25) is 9.48 Å². The van der Waals surface area contributed by atoms with E-state index in [1.54, 1.807) is 24.4 Å². The van der Waals surface area contributed by atoms with E-state index in [9.17, 15) is 26.7 Å². The highest BCUT2D eigenvalue weighted by Gasteiger charge is 2.20. The van der Waals surface area contributed by atoms with Gasteiger partial charge in [-0.1, -0.05) is 30.3 Å². The van der Waals surface area contributed by atoms with Crippen molar-refractivity contribution in [1.29, 1.82) is 0 Å². The van der Waals surface area contributed by atoms with E-state index in [4.69, 9.17) is 4.74 Å². The SMILES string of the molecule is O=C(Nc1cnn(Cc2ccccc2F)c1)c1ccc(COc2c(F)c(F)cc(F)c2F)cc1. The van der Waals surface area contributed by atoms with Gasteiger partial charge >= 0.3 is 0 Å². The van der Waals surface area contributed by atoms with E-state index in [2.05, 4.69) is 10.4 Å². The van der Waals surface area contributed by atoms with Gasteiger partial charge in [-0.15, -0.1) is 0 Å². The van der Waals surface area contributed by atoms with Crippen LogP contribution in [0, 0.1) is 29.1 Å². The lowest BCUT2D eigenvalue weighted by atomic mass is 10.1. The molecule has 1 aromatic heterocycles. The molecule has 0 saturated heterocycles. The van der Waals surface area contributed by atoms with Crippen LogP contribution in [0.3, 0.4) is 0 Å². The molecular formula is C24H16F5N3O2. The number of aromatic nitrogens is 2. The zero-order valence-electron chi connectivity index (χ0n) is 17.4. The molecular weight excluding hydrogens is 457 g/mol. The first-order valence-corrected chi connectivity index (χ1v) is 9.93. The Bertz CT molecular complexity index is 1310. The number of ether oxygens (including phenoxy) is 1. The first-order valence-electron chi connectivity index (χ1n) is 9.93. The monoisotopic (exact) mass is 473 g/mol. The third kappa shape index (κ3) is 5.06. The van der Waals surface area contributed by atoms with Gasteiger partial charge in [0.05, 0.1) is 18.4 Å². The quantitative estimate of drug-likeness (QED) is 0.287. The van der Waals surface area contributed by atoms with E-state index >= 15 is 0 Å². The maximum Gasteiger partial charge on any atom is 0.255 e. The fourth-order valence-electron chi connectivity index (χ4n) is 3.10. The predicted octanol–water partition coefficient (Wildman–Crippen LogP) is 5.46. The second-order valence-corrected chi connectivity index (χ2v) is 7.26. The largest absolute Gasteiger partial charge is 0.483 e. The number of nitrogens with one attached hydrogen (secondary N) is 1. The molecule has 0 unspecified atom stereocenters. The fourth-order valence-corrected chi connectivity index (χ4v) is 3.10. The van der Waals surface area contributed by atoms with Crippen molar-refractivity contribution in [3.8, 4) is 5.75 Å². The van der Waals surface area contributed by atoms with Crippen LogP contribution in [0.5, 0.6) is 5.75 Å². The van der Waals surface area contributed by atoms with E-state index < -0.39 is 34.9 Å². The maximum absolute atomic E-state index is 13.8. The van der Waals surface area contributed by atoms with Gasteiger partial charge in [0.1, 0.15) is 12.4 Å². The molecule has 0 aliphatic heterocycles. The zero-order chi connectivity index (χ0) is 24.2. The highest BCUT2D eigenvalue weighted by Crippen LogP contribution is 2.27. The Morgan fingerprint density at radius 3 is 2.26 bits per heavy atom. The lowest BCUT2D eigenvalue weighted by Crippen LogP contribution is -2.11. The van der Waals surface area contributed by atoms with Crippen LogP contribution < -0.4 is 10.1 Å². The summed E-state index contributed by atoms with van der Waals surface area (Å²) in [6.07, 6.45) is 2.97. The Labute approximate surface area is 190 Å². The van der Waals surface area contributed by atoms with Crippen molar-refractivity contribution in [2.24, 2.45) is 0 Å². The highest BCUT2D eigenvalue weighted by molar-refractivity contribution is 6.04.